The van der Waals surface area contributed by atoms with E-state index in [1.165, 1.54) is 0 Å². The fourth-order valence-corrected chi connectivity index (χ4v) is 5.72. The zero-order valence-corrected chi connectivity index (χ0v) is 16.7. The first-order valence-electron chi connectivity index (χ1n) is 9.13. The minimum Gasteiger partial charge on any atom is -0.453 e. The largest absolute Gasteiger partial charge is 0.511 e. The molecular formula is C17H24O10S. The molecule has 0 spiro atoms. The molecule has 1 heterocycles. The van der Waals surface area contributed by atoms with Gasteiger partial charge in [-0.2, -0.15) is 8.42 Å². The van der Waals surface area contributed by atoms with Gasteiger partial charge >= 0.3 is 18.1 Å². The van der Waals surface area contributed by atoms with Crippen molar-refractivity contribution in [2.24, 2.45) is 17.3 Å². The zero-order valence-electron chi connectivity index (χ0n) is 15.9. The summed E-state index contributed by atoms with van der Waals surface area (Å²) in [6.45, 7) is 3.90. The van der Waals surface area contributed by atoms with E-state index in [2.05, 4.69) is 9.47 Å². The van der Waals surface area contributed by atoms with Gasteiger partial charge in [0, 0.05) is 11.8 Å². The first-order chi connectivity index (χ1) is 13.0. The molecule has 1 saturated heterocycles. The molecule has 0 radical (unpaired) electrons. The van der Waals surface area contributed by atoms with Gasteiger partial charge in [0.25, 0.3) is 10.1 Å². The second kappa shape index (κ2) is 7.51. The third kappa shape index (κ3) is 3.95. The van der Waals surface area contributed by atoms with Gasteiger partial charge in [-0.1, -0.05) is 6.92 Å². The van der Waals surface area contributed by atoms with E-state index in [0.717, 1.165) is 0 Å². The van der Waals surface area contributed by atoms with Crippen LogP contribution < -0.4 is 0 Å². The SMILES string of the molecule is CCC(C)(C)C(=O)OCC(=O)OCOC(=O)OC1C2CC3C1OS(=O)(=O)C3C2. The Morgan fingerprint density at radius 1 is 1.11 bits per heavy atom. The molecule has 3 fully saturated rings. The molecule has 0 aromatic carbocycles. The first-order valence-corrected chi connectivity index (χ1v) is 10.6. The summed E-state index contributed by atoms with van der Waals surface area (Å²) in [6.07, 6.45) is -0.884. The predicted molar refractivity (Wildman–Crippen MR) is 91.1 cm³/mol. The van der Waals surface area contributed by atoms with Crippen LogP contribution in [0.3, 0.4) is 0 Å². The summed E-state index contributed by atoms with van der Waals surface area (Å²) >= 11 is 0. The number of hydrogen-bond acceptors (Lipinski definition) is 10. The molecular weight excluding hydrogens is 396 g/mol. The molecule has 3 aliphatic rings. The van der Waals surface area contributed by atoms with Crippen LogP contribution in [-0.4, -0.2) is 57.4 Å². The number of rotatable bonds is 7. The van der Waals surface area contributed by atoms with Gasteiger partial charge < -0.3 is 18.9 Å². The summed E-state index contributed by atoms with van der Waals surface area (Å²) in [4.78, 5) is 35.1. The highest BCUT2D eigenvalue weighted by Crippen LogP contribution is 2.55. The monoisotopic (exact) mass is 420 g/mol. The molecule has 28 heavy (non-hydrogen) atoms. The molecule has 5 atom stereocenters. The lowest BCUT2D eigenvalue weighted by molar-refractivity contribution is -0.170. The first kappa shape index (κ1) is 20.8. The van der Waals surface area contributed by atoms with E-state index >= 15 is 0 Å². The van der Waals surface area contributed by atoms with Crippen LogP contribution in [0.2, 0.25) is 0 Å². The normalized spacial score (nSPS) is 32.0. The van der Waals surface area contributed by atoms with E-state index in [-0.39, 0.29) is 11.8 Å². The summed E-state index contributed by atoms with van der Waals surface area (Å²) in [5, 5.41) is -0.514. The summed E-state index contributed by atoms with van der Waals surface area (Å²) in [7, 11) is -3.60. The third-order valence-corrected chi connectivity index (χ3v) is 7.57. The van der Waals surface area contributed by atoms with Crippen molar-refractivity contribution in [1.29, 1.82) is 0 Å². The number of fused-ring (bicyclic) bond motifs is 1. The molecule has 5 unspecified atom stereocenters. The van der Waals surface area contributed by atoms with Crippen LogP contribution in [0.25, 0.3) is 0 Å². The van der Waals surface area contributed by atoms with Crippen molar-refractivity contribution in [2.75, 3.05) is 13.4 Å². The Bertz CT molecular complexity index is 758. The van der Waals surface area contributed by atoms with Crippen molar-refractivity contribution in [3.8, 4) is 0 Å². The molecule has 0 amide bonds. The summed E-state index contributed by atoms with van der Waals surface area (Å²) in [6, 6.07) is 0. The highest BCUT2D eigenvalue weighted by molar-refractivity contribution is 7.87. The second-order valence-electron chi connectivity index (χ2n) is 7.91. The minimum atomic E-state index is -3.60. The number of ether oxygens (including phenoxy) is 4. The lowest BCUT2D eigenvalue weighted by Gasteiger charge is -2.24. The molecule has 0 aromatic rings. The maximum Gasteiger partial charge on any atom is 0.511 e. The predicted octanol–water partition coefficient (Wildman–Crippen LogP) is 1.13. The average Bonchev–Trinajstić information content (AvgIpc) is 3.24. The molecule has 2 aliphatic carbocycles. The van der Waals surface area contributed by atoms with E-state index in [9.17, 15) is 22.8 Å². The van der Waals surface area contributed by atoms with Gasteiger partial charge in [0.1, 0.15) is 12.2 Å². The van der Waals surface area contributed by atoms with E-state index in [1.807, 2.05) is 6.92 Å². The molecule has 11 heteroatoms. The molecule has 2 saturated carbocycles. The molecule has 0 N–H and O–H groups in total. The Hall–Kier alpha value is -1.88. The van der Waals surface area contributed by atoms with Gasteiger partial charge in [0.15, 0.2) is 6.61 Å². The third-order valence-electron chi connectivity index (χ3n) is 5.80. The molecule has 10 nitrogen and oxygen atoms in total. The van der Waals surface area contributed by atoms with Crippen molar-refractivity contribution in [1.82, 2.24) is 0 Å². The lowest BCUT2D eigenvalue weighted by Crippen LogP contribution is -2.37. The van der Waals surface area contributed by atoms with Crippen molar-refractivity contribution < 1.29 is 45.9 Å². The highest BCUT2D eigenvalue weighted by Gasteiger charge is 2.65. The van der Waals surface area contributed by atoms with E-state index in [4.69, 9.17) is 13.7 Å². The second-order valence-corrected chi connectivity index (χ2v) is 9.70. The fraction of sp³-hybridized carbons (Fsp3) is 0.824. The summed E-state index contributed by atoms with van der Waals surface area (Å²) in [5.74, 6) is -1.66. The smallest absolute Gasteiger partial charge is 0.453 e. The minimum absolute atomic E-state index is 0.0892. The zero-order chi connectivity index (χ0) is 20.7. The maximum absolute atomic E-state index is 11.9. The van der Waals surface area contributed by atoms with E-state index < -0.39 is 64.5 Å². The Kier molecular flexibility index (Phi) is 5.59. The van der Waals surface area contributed by atoms with Crippen LogP contribution in [-0.2, 0) is 42.8 Å². The Morgan fingerprint density at radius 2 is 1.82 bits per heavy atom. The van der Waals surface area contributed by atoms with Crippen molar-refractivity contribution >= 4 is 28.2 Å². The molecule has 2 bridgehead atoms. The van der Waals surface area contributed by atoms with Gasteiger partial charge in [-0.3, -0.25) is 8.98 Å². The van der Waals surface area contributed by atoms with Crippen molar-refractivity contribution in [2.45, 2.75) is 57.5 Å². The fourth-order valence-electron chi connectivity index (χ4n) is 3.84. The van der Waals surface area contributed by atoms with Gasteiger partial charge in [-0.05, 0) is 33.1 Å². The van der Waals surface area contributed by atoms with Crippen LogP contribution in [0, 0.1) is 17.3 Å². The van der Waals surface area contributed by atoms with Gasteiger partial charge in [0.2, 0.25) is 6.79 Å². The van der Waals surface area contributed by atoms with E-state index in [0.29, 0.717) is 19.3 Å². The Labute approximate surface area is 162 Å². The Balaban J connectivity index is 1.37. The Morgan fingerprint density at radius 3 is 2.50 bits per heavy atom. The summed E-state index contributed by atoms with van der Waals surface area (Å²) in [5.41, 5.74) is -0.712. The maximum atomic E-state index is 11.9. The topological polar surface area (TPSA) is 132 Å². The molecule has 158 valence electrons. The highest BCUT2D eigenvalue weighted by atomic mass is 32.2. The number of esters is 2. The number of hydrogen-bond donors (Lipinski definition) is 0. The van der Waals surface area contributed by atoms with Gasteiger partial charge in [0.05, 0.1) is 10.7 Å². The van der Waals surface area contributed by atoms with Crippen LogP contribution in [0.4, 0.5) is 4.79 Å². The number of carbonyl (C=O) groups is 3. The van der Waals surface area contributed by atoms with Crippen molar-refractivity contribution in [3.05, 3.63) is 0 Å². The van der Waals surface area contributed by atoms with Gasteiger partial charge in [-0.15, -0.1) is 0 Å². The number of carbonyl (C=O) groups excluding carboxylic acids is 3. The van der Waals surface area contributed by atoms with E-state index in [1.54, 1.807) is 13.8 Å². The van der Waals surface area contributed by atoms with Gasteiger partial charge in [-0.25, -0.2) is 9.59 Å². The average molecular weight is 420 g/mol. The molecule has 3 rings (SSSR count). The standard InChI is InChI=1S/C17H24O10S/c1-4-17(2,3)15(19)23-7-12(18)24-8-25-16(20)26-13-9-5-10-11(6-9)28(21,22)27-14(10)13/h9-11,13-14H,4-8H2,1-3H3. The van der Waals surface area contributed by atoms with Crippen LogP contribution in [0.1, 0.15) is 40.0 Å². The molecule has 1 aliphatic heterocycles. The van der Waals surface area contributed by atoms with Crippen molar-refractivity contribution in [3.63, 3.8) is 0 Å². The lowest BCUT2D eigenvalue weighted by atomic mass is 9.91. The van der Waals surface area contributed by atoms with Crippen LogP contribution in [0.15, 0.2) is 0 Å². The van der Waals surface area contributed by atoms with Crippen LogP contribution >= 0.6 is 0 Å². The molecule has 0 aromatic heterocycles. The quantitative estimate of drug-likeness (QED) is 0.255. The van der Waals surface area contributed by atoms with Crippen LogP contribution in [0.5, 0.6) is 0 Å². The summed E-state index contributed by atoms with van der Waals surface area (Å²) < 4.78 is 48.2.